The van der Waals surface area contributed by atoms with Gasteiger partial charge in [0.2, 0.25) is 6.79 Å². The Kier molecular flexibility index (Phi) is 5.10. The van der Waals surface area contributed by atoms with E-state index in [4.69, 9.17) is 9.47 Å². The molecule has 0 saturated heterocycles. The summed E-state index contributed by atoms with van der Waals surface area (Å²) in [6, 6.07) is 19.5. The third kappa shape index (κ3) is 4.06. The maximum absolute atomic E-state index is 12.4. The highest BCUT2D eigenvalue weighted by Crippen LogP contribution is 2.32. The number of amides is 1. The fourth-order valence-corrected chi connectivity index (χ4v) is 3.02. The lowest BCUT2D eigenvalue weighted by atomic mass is 10.2. The Bertz CT molecular complexity index is 959. The number of carbonyl (C=O) groups excluding carboxylic acids is 1. The molecule has 6 heteroatoms. The second-order valence-corrected chi connectivity index (χ2v) is 6.61. The van der Waals surface area contributed by atoms with Crippen LogP contribution in [0.1, 0.15) is 21.6 Å². The third-order valence-corrected chi connectivity index (χ3v) is 4.57. The second kappa shape index (κ2) is 8.00. The molecule has 3 aromatic rings. The van der Waals surface area contributed by atoms with Crippen LogP contribution >= 0.6 is 0 Å². The molecule has 2 aromatic carbocycles. The van der Waals surface area contributed by atoms with Crippen LogP contribution in [0.25, 0.3) is 0 Å². The van der Waals surface area contributed by atoms with E-state index in [1.165, 1.54) is 5.56 Å². The summed E-state index contributed by atoms with van der Waals surface area (Å²) in [4.78, 5) is 18.8. The second-order valence-electron chi connectivity index (χ2n) is 6.61. The van der Waals surface area contributed by atoms with E-state index in [0.717, 1.165) is 23.5 Å². The molecule has 142 valence electrons. The monoisotopic (exact) mass is 375 g/mol. The van der Waals surface area contributed by atoms with Gasteiger partial charge in [-0.25, -0.2) is 4.98 Å². The van der Waals surface area contributed by atoms with Crippen molar-refractivity contribution in [1.29, 1.82) is 0 Å². The summed E-state index contributed by atoms with van der Waals surface area (Å²) in [7, 11) is 2.00. The number of aromatic nitrogens is 1. The predicted octanol–water partition coefficient (Wildman–Crippen LogP) is 3.38. The zero-order valence-electron chi connectivity index (χ0n) is 15.6. The highest BCUT2D eigenvalue weighted by Gasteiger charge is 2.14. The van der Waals surface area contributed by atoms with Gasteiger partial charge in [0.15, 0.2) is 11.5 Å². The van der Waals surface area contributed by atoms with Gasteiger partial charge in [0, 0.05) is 20.1 Å². The van der Waals surface area contributed by atoms with Crippen LogP contribution in [0.3, 0.4) is 0 Å². The van der Waals surface area contributed by atoms with Crippen LogP contribution in [-0.2, 0) is 13.1 Å². The van der Waals surface area contributed by atoms with Crippen LogP contribution in [0.2, 0.25) is 0 Å². The quantitative estimate of drug-likeness (QED) is 0.716. The standard InChI is InChI=1S/C22H21N3O3/c1-25(14-16-5-3-2-4-6-16)18-8-9-19(23-13-18)22(26)24-12-17-7-10-20-21(11-17)28-15-27-20/h2-11,13H,12,14-15H2,1H3,(H,24,26). The van der Waals surface area contributed by atoms with Crippen molar-refractivity contribution in [3.05, 3.63) is 83.7 Å². The number of fused-ring (bicyclic) bond motifs is 1. The number of ether oxygens (including phenoxy) is 2. The first-order valence-electron chi connectivity index (χ1n) is 9.07. The van der Waals surface area contributed by atoms with E-state index in [9.17, 15) is 4.79 Å². The molecule has 0 radical (unpaired) electrons. The molecule has 1 aliphatic heterocycles. The lowest BCUT2D eigenvalue weighted by Gasteiger charge is -2.19. The van der Waals surface area contributed by atoms with Gasteiger partial charge in [0.1, 0.15) is 5.69 Å². The number of rotatable bonds is 6. The van der Waals surface area contributed by atoms with Crippen LogP contribution in [0, 0.1) is 0 Å². The molecule has 0 spiro atoms. The molecule has 2 heterocycles. The van der Waals surface area contributed by atoms with Crippen molar-refractivity contribution >= 4 is 11.6 Å². The molecular formula is C22H21N3O3. The summed E-state index contributed by atoms with van der Waals surface area (Å²) in [5, 5.41) is 2.88. The molecule has 0 bridgehead atoms. The summed E-state index contributed by atoms with van der Waals surface area (Å²) in [6.07, 6.45) is 1.72. The Hall–Kier alpha value is -3.54. The Labute approximate surface area is 163 Å². The number of benzene rings is 2. The largest absolute Gasteiger partial charge is 0.454 e. The van der Waals surface area contributed by atoms with Gasteiger partial charge >= 0.3 is 0 Å². The van der Waals surface area contributed by atoms with E-state index in [-0.39, 0.29) is 12.7 Å². The minimum Gasteiger partial charge on any atom is -0.454 e. The smallest absolute Gasteiger partial charge is 0.270 e. The van der Waals surface area contributed by atoms with Gasteiger partial charge in [0.25, 0.3) is 5.91 Å². The van der Waals surface area contributed by atoms with Crippen LogP contribution in [0.4, 0.5) is 5.69 Å². The zero-order valence-corrected chi connectivity index (χ0v) is 15.6. The lowest BCUT2D eigenvalue weighted by Crippen LogP contribution is -2.24. The zero-order chi connectivity index (χ0) is 19.3. The average molecular weight is 375 g/mol. The van der Waals surface area contributed by atoms with Crippen molar-refractivity contribution < 1.29 is 14.3 Å². The molecule has 0 saturated carbocycles. The molecule has 1 N–H and O–H groups in total. The van der Waals surface area contributed by atoms with Crippen LogP contribution in [0.15, 0.2) is 66.9 Å². The van der Waals surface area contributed by atoms with Gasteiger partial charge in [-0.05, 0) is 35.4 Å². The normalized spacial score (nSPS) is 11.9. The Morgan fingerprint density at radius 2 is 1.86 bits per heavy atom. The van der Waals surface area contributed by atoms with Crippen molar-refractivity contribution in [2.45, 2.75) is 13.1 Å². The molecule has 6 nitrogen and oxygen atoms in total. The van der Waals surface area contributed by atoms with Gasteiger partial charge in [0.05, 0.1) is 11.9 Å². The molecule has 0 fully saturated rings. The minimum atomic E-state index is -0.213. The lowest BCUT2D eigenvalue weighted by molar-refractivity contribution is 0.0946. The first-order chi connectivity index (χ1) is 13.7. The van der Waals surface area contributed by atoms with Crippen molar-refractivity contribution in [2.75, 3.05) is 18.7 Å². The molecule has 28 heavy (non-hydrogen) atoms. The molecule has 0 atom stereocenters. The fraction of sp³-hybridized carbons (Fsp3) is 0.182. The Balaban J connectivity index is 1.34. The molecule has 1 amide bonds. The third-order valence-electron chi connectivity index (χ3n) is 4.57. The van der Waals surface area contributed by atoms with Crippen molar-refractivity contribution in [2.24, 2.45) is 0 Å². The number of anilines is 1. The van der Waals surface area contributed by atoms with E-state index in [1.807, 2.05) is 49.5 Å². The molecule has 0 unspecified atom stereocenters. The van der Waals surface area contributed by atoms with E-state index in [1.54, 1.807) is 12.3 Å². The van der Waals surface area contributed by atoms with Gasteiger partial charge in [-0.3, -0.25) is 4.79 Å². The first-order valence-corrected chi connectivity index (χ1v) is 9.07. The maximum Gasteiger partial charge on any atom is 0.270 e. The number of hydrogen-bond acceptors (Lipinski definition) is 5. The highest BCUT2D eigenvalue weighted by atomic mass is 16.7. The van der Waals surface area contributed by atoms with Crippen molar-refractivity contribution in [3.63, 3.8) is 0 Å². The number of carbonyl (C=O) groups is 1. The van der Waals surface area contributed by atoms with Gasteiger partial charge < -0.3 is 19.7 Å². The summed E-state index contributed by atoms with van der Waals surface area (Å²) in [5.41, 5.74) is 3.50. The Morgan fingerprint density at radius 1 is 1.04 bits per heavy atom. The van der Waals surface area contributed by atoms with Crippen LogP contribution in [-0.4, -0.2) is 24.7 Å². The van der Waals surface area contributed by atoms with E-state index < -0.39 is 0 Å². The number of hydrogen-bond donors (Lipinski definition) is 1. The number of nitrogens with zero attached hydrogens (tertiary/aromatic N) is 2. The molecule has 1 aromatic heterocycles. The first kappa shape index (κ1) is 17.9. The highest BCUT2D eigenvalue weighted by molar-refractivity contribution is 5.92. The average Bonchev–Trinajstić information content (AvgIpc) is 3.21. The van der Waals surface area contributed by atoms with Crippen molar-refractivity contribution in [3.8, 4) is 11.5 Å². The molecular weight excluding hydrogens is 354 g/mol. The summed E-state index contributed by atoms with van der Waals surface area (Å²) in [6.45, 7) is 1.41. The molecule has 1 aliphatic rings. The summed E-state index contributed by atoms with van der Waals surface area (Å²) < 4.78 is 10.6. The van der Waals surface area contributed by atoms with Gasteiger partial charge in [-0.1, -0.05) is 36.4 Å². The number of nitrogens with one attached hydrogen (secondary N) is 1. The minimum absolute atomic E-state index is 0.213. The van der Waals surface area contributed by atoms with Crippen LogP contribution < -0.4 is 19.7 Å². The van der Waals surface area contributed by atoms with E-state index in [2.05, 4.69) is 27.3 Å². The molecule has 4 rings (SSSR count). The predicted molar refractivity (Wildman–Crippen MR) is 107 cm³/mol. The van der Waals surface area contributed by atoms with Crippen LogP contribution in [0.5, 0.6) is 11.5 Å². The van der Waals surface area contributed by atoms with E-state index >= 15 is 0 Å². The fourth-order valence-electron chi connectivity index (χ4n) is 3.02. The topological polar surface area (TPSA) is 63.7 Å². The molecule has 0 aliphatic carbocycles. The summed E-state index contributed by atoms with van der Waals surface area (Å²) >= 11 is 0. The van der Waals surface area contributed by atoms with Gasteiger partial charge in [-0.15, -0.1) is 0 Å². The number of pyridine rings is 1. The van der Waals surface area contributed by atoms with Gasteiger partial charge in [-0.2, -0.15) is 0 Å². The maximum atomic E-state index is 12.4. The Morgan fingerprint density at radius 3 is 2.64 bits per heavy atom. The SMILES string of the molecule is CN(Cc1ccccc1)c1ccc(C(=O)NCc2ccc3c(c2)OCO3)nc1. The van der Waals surface area contributed by atoms with Crippen molar-refractivity contribution in [1.82, 2.24) is 10.3 Å². The summed E-state index contributed by atoms with van der Waals surface area (Å²) in [5.74, 6) is 1.22. The van der Waals surface area contributed by atoms with E-state index in [0.29, 0.717) is 18.0 Å².